The van der Waals surface area contributed by atoms with E-state index in [-0.39, 0.29) is 4.90 Å². The number of benzene rings is 1. The van der Waals surface area contributed by atoms with E-state index in [9.17, 15) is 8.60 Å². The first-order valence-electron chi connectivity index (χ1n) is 3.99. The molecule has 0 saturated heterocycles. The quantitative estimate of drug-likeness (QED) is 0.682. The molecule has 3 heteroatoms. The molecule has 1 rings (SSSR count). The zero-order chi connectivity index (χ0) is 9.68. The summed E-state index contributed by atoms with van der Waals surface area (Å²) < 4.78 is 24.5. The fraction of sp³-hybridized carbons (Fsp3) is 0.200. The zero-order valence-corrected chi connectivity index (χ0v) is 8.18. The van der Waals surface area contributed by atoms with E-state index in [2.05, 4.69) is 0 Å². The molecule has 0 aliphatic rings. The van der Waals surface area contributed by atoms with Crippen molar-refractivity contribution >= 4 is 10.8 Å². The van der Waals surface area contributed by atoms with Crippen LogP contribution in [0.2, 0.25) is 0 Å². The Morgan fingerprint density at radius 2 is 2.15 bits per heavy atom. The van der Waals surface area contributed by atoms with Crippen molar-refractivity contribution in [2.75, 3.05) is 5.75 Å². The van der Waals surface area contributed by atoms with Crippen LogP contribution < -0.4 is 0 Å². The van der Waals surface area contributed by atoms with Crippen molar-refractivity contribution in [2.24, 2.45) is 0 Å². The van der Waals surface area contributed by atoms with Crippen molar-refractivity contribution in [2.45, 2.75) is 11.8 Å². The Morgan fingerprint density at radius 3 is 2.77 bits per heavy atom. The second-order valence-electron chi connectivity index (χ2n) is 2.51. The molecule has 0 fully saturated rings. The van der Waals surface area contributed by atoms with Crippen LogP contribution >= 0.6 is 0 Å². The third kappa shape index (κ3) is 2.77. The second kappa shape index (κ2) is 4.92. The van der Waals surface area contributed by atoms with Crippen LogP contribution in [0.1, 0.15) is 6.92 Å². The van der Waals surface area contributed by atoms with Gasteiger partial charge in [-0.3, -0.25) is 4.21 Å². The Labute approximate surface area is 79.7 Å². The predicted molar refractivity (Wildman–Crippen MR) is 52.5 cm³/mol. The predicted octanol–water partition coefficient (Wildman–Crippen LogP) is 2.51. The summed E-state index contributed by atoms with van der Waals surface area (Å²) in [6, 6.07) is 6.15. The maximum Gasteiger partial charge on any atom is 0.139 e. The van der Waals surface area contributed by atoms with Crippen LogP contribution in [0.25, 0.3) is 0 Å². The summed E-state index contributed by atoms with van der Waals surface area (Å²) in [7, 11) is -1.26. The van der Waals surface area contributed by atoms with Gasteiger partial charge in [-0.2, -0.15) is 0 Å². The third-order valence-electron chi connectivity index (χ3n) is 1.57. The fourth-order valence-corrected chi connectivity index (χ4v) is 1.97. The summed E-state index contributed by atoms with van der Waals surface area (Å²) in [5.41, 5.74) is 0. The van der Waals surface area contributed by atoms with Crippen molar-refractivity contribution in [3.63, 3.8) is 0 Å². The molecule has 0 radical (unpaired) electrons. The lowest BCUT2D eigenvalue weighted by Crippen LogP contribution is -1.97. The molecule has 0 heterocycles. The topological polar surface area (TPSA) is 17.1 Å². The molecule has 0 spiro atoms. The van der Waals surface area contributed by atoms with Crippen LogP contribution in [0.3, 0.4) is 0 Å². The van der Waals surface area contributed by atoms with Crippen molar-refractivity contribution in [1.29, 1.82) is 0 Å². The summed E-state index contributed by atoms with van der Waals surface area (Å²) >= 11 is 0. The molecule has 70 valence electrons. The molecule has 0 aliphatic carbocycles. The normalized spacial score (nSPS) is 13.4. The minimum absolute atomic E-state index is 0.278. The highest BCUT2D eigenvalue weighted by atomic mass is 32.2. The minimum atomic E-state index is -1.26. The summed E-state index contributed by atoms with van der Waals surface area (Å²) in [6.45, 7) is 1.85. The van der Waals surface area contributed by atoms with Gasteiger partial charge in [0.05, 0.1) is 15.7 Å². The summed E-state index contributed by atoms with van der Waals surface area (Å²) in [5.74, 6) is -0.0254. The molecule has 0 aliphatic heterocycles. The van der Waals surface area contributed by atoms with E-state index < -0.39 is 16.6 Å². The number of allylic oxidation sites excluding steroid dienone is 1. The SMILES string of the molecule is C/C=C/CS(=O)c1ccccc1F. The van der Waals surface area contributed by atoms with Crippen molar-refractivity contribution in [1.82, 2.24) is 0 Å². The first-order chi connectivity index (χ1) is 6.25. The van der Waals surface area contributed by atoms with Gasteiger partial charge in [-0.05, 0) is 19.1 Å². The lowest BCUT2D eigenvalue weighted by molar-refractivity contribution is 0.595. The number of halogens is 1. The maximum absolute atomic E-state index is 13.1. The van der Waals surface area contributed by atoms with Gasteiger partial charge in [-0.1, -0.05) is 24.3 Å². The Kier molecular flexibility index (Phi) is 3.83. The molecular formula is C10H11FOS. The van der Waals surface area contributed by atoms with Gasteiger partial charge in [0.1, 0.15) is 5.82 Å². The molecule has 13 heavy (non-hydrogen) atoms. The molecule has 1 unspecified atom stereocenters. The standard InChI is InChI=1S/C10H11FOS/c1-2-3-8-13(12)10-7-5-4-6-9(10)11/h2-7H,8H2,1H3/b3-2+. The van der Waals surface area contributed by atoms with Gasteiger partial charge in [0.15, 0.2) is 0 Å². The van der Waals surface area contributed by atoms with Gasteiger partial charge in [0, 0.05) is 5.75 Å². The molecular weight excluding hydrogens is 187 g/mol. The van der Waals surface area contributed by atoms with Gasteiger partial charge in [0.25, 0.3) is 0 Å². The van der Waals surface area contributed by atoms with Gasteiger partial charge in [-0.25, -0.2) is 4.39 Å². The van der Waals surface area contributed by atoms with Gasteiger partial charge in [0.2, 0.25) is 0 Å². The monoisotopic (exact) mass is 198 g/mol. The minimum Gasteiger partial charge on any atom is -0.254 e. The number of rotatable bonds is 3. The highest BCUT2D eigenvalue weighted by Gasteiger charge is 2.06. The van der Waals surface area contributed by atoms with E-state index in [1.807, 2.05) is 6.92 Å². The third-order valence-corrected chi connectivity index (χ3v) is 2.88. The highest BCUT2D eigenvalue weighted by molar-refractivity contribution is 7.85. The lowest BCUT2D eigenvalue weighted by atomic mass is 10.3. The van der Waals surface area contributed by atoms with Crippen LogP contribution in [-0.4, -0.2) is 9.96 Å². The van der Waals surface area contributed by atoms with Crippen molar-refractivity contribution in [3.8, 4) is 0 Å². The van der Waals surface area contributed by atoms with Crippen LogP contribution in [-0.2, 0) is 10.8 Å². The van der Waals surface area contributed by atoms with Gasteiger partial charge in [-0.15, -0.1) is 0 Å². The number of hydrogen-bond acceptors (Lipinski definition) is 1. The molecule has 0 amide bonds. The molecule has 0 aromatic heterocycles. The summed E-state index contributed by atoms with van der Waals surface area (Å²) in [5, 5.41) is 0. The van der Waals surface area contributed by atoms with Crippen LogP contribution in [0.15, 0.2) is 41.3 Å². The highest BCUT2D eigenvalue weighted by Crippen LogP contribution is 2.11. The summed E-state index contributed by atoms with van der Waals surface area (Å²) in [4.78, 5) is 0.278. The average molecular weight is 198 g/mol. The Bertz CT molecular complexity index is 333. The molecule has 1 nitrogen and oxygen atoms in total. The zero-order valence-electron chi connectivity index (χ0n) is 7.37. The Morgan fingerprint density at radius 1 is 1.46 bits per heavy atom. The summed E-state index contributed by atoms with van der Waals surface area (Å²) in [6.07, 6.45) is 3.57. The van der Waals surface area contributed by atoms with Gasteiger partial charge >= 0.3 is 0 Å². The van der Waals surface area contributed by atoms with Crippen molar-refractivity contribution < 1.29 is 8.60 Å². The Balaban J connectivity index is 2.83. The van der Waals surface area contributed by atoms with E-state index in [0.717, 1.165) is 0 Å². The van der Waals surface area contributed by atoms with Crippen LogP contribution in [0.5, 0.6) is 0 Å². The molecule has 0 saturated carbocycles. The lowest BCUT2D eigenvalue weighted by Gasteiger charge is -1.99. The Hall–Kier alpha value is -0.960. The smallest absolute Gasteiger partial charge is 0.139 e. The first kappa shape index (κ1) is 10.1. The van der Waals surface area contributed by atoms with E-state index >= 15 is 0 Å². The van der Waals surface area contributed by atoms with E-state index in [1.54, 1.807) is 30.4 Å². The van der Waals surface area contributed by atoms with E-state index in [1.165, 1.54) is 6.07 Å². The maximum atomic E-state index is 13.1. The second-order valence-corrected chi connectivity index (χ2v) is 3.98. The van der Waals surface area contributed by atoms with E-state index in [4.69, 9.17) is 0 Å². The molecule has 1 aromatic carbocycles. The average Bonchev–Trinajstić information content (AvgIpc) is 2.15. The van der Waals surface area contributed by atoms with Crippen LogP contribution in [0, 0.1) is 5.82 Å². The first-order valence-corrected chi connectivity index (χ1v) is 5.31. The molecule has 0 N–H and O–H groups in total. The van der Waals surface area contributed by atoms with E-state index in [0.29, 0.717) is 5.75 Å². The van der Waals surface area contributed by atoms with Gasteiger partial charge < -0.3 is 0 Å². The van der Waals surface area contributed by atoms with Crippen molar-refractivity contribution in [3.05, 3.63) is 42.2 Å². The molecule has 0 bridgehead atoms. The number of hydrogen-bond donors (Lipinski definition) is 0. The molecule has 1 atom stereocenters. The fourth-order valence-electron chi connectivity index (χ4n) is 0.903. The molecule has 1 aromatic rings. The largest absolute Gasteiger partial charge is 0.254 e. The van der Waals surface area contributed by atoms with Crippen LogP contribution in [0.4, 0.5) is 4.39 Å².